The molecular formula is C13H13NO3S. The molecule has 1 N–H and O–H groups in total. The van der Waals surface area contributed by atoms with Gasteiger partial charge in [-0.2, -0.15) is 0 Å². The number of benzene rings is 1. The summed E-state index contributed by atoms with van der Waals surface area (Å²) in [7, 11) is 0. The van der Waals surface area contributed by atoms with Gasteiger partial charge in [0.15, 0.2) is 0 Å². The van der Waals surface area contributed by atoms with Crippen molar-refractivity contribution in [2.75, 3.05) is 0 Å². The van der Waals surface area contributed by atoms with Gasteiger partial charge >= 0.3 is 5.97 Å². The van der Waals surface area contributed by atoms with E-state index in [2.05, 4.69) is 4.98 Å². The molecule has 0 aliphatic heterocycles. The third-order valence-electron chi connectivity index (χ3n) is 2.51. The van der Waals surface area contributed by atoms with Gasteiger partial charge in [0.05, 0.1) is 6.20 Å². The fourth-order valence-corrected chi connectivity index (χ4v) is 2.31. The first-order valence-corrected chi connectivity index (χ1v) is 6.26. The standard InChI is InChI=1S/C13H13NO3S/c1-8-4-3-5-9(2)12(8)17-7-11-14-6-10(18-11)13(15)16/h3-6H,7H2,1-2H3,(H,15,16). The second-order valence-electron chi connectivity index (χ2n) is 3.93. The van der Waals surface area contributed by atoms with Gasteiger partial charge in [0, 0.05) is 0 Å². The van der Waals surface area contributed by atoms with Crippen LogP contribution in [0.15, 0.2) is 24.4 Å². The molecule has 0 saturated heterocycles. The molecule has 0 saturated carbocycles. The number of carboxylic acid groups (broad SMARTS) is 1. The highest BCUT2D eigenvalue weighted by Gasteiger charge is 2.10. The monoisotopic (exact) mass is 263 g/mol. The highest BCUT2D eigenvalue weighted by Crippen LogP contribution is 2.24. The van der Waals surface area contributed by atoms with Crippen LogP contribution in [-0.4, -0.2) is 16.1 Å². The number of hydrogen-bond acceptors (Lipinski definition) is 4. The van der Waals surface area contributed by atoms with Crippen molar-refractivity contribution >= 4 is 17.3 Å². The number of hydrogen-bond donors (Lipinski definition) is 1. The van der Waals surface area contributed by atoms with E-state index < -0.39 is 5.97 Å². The Morgan fingerprint density at radius 2 is 2.06 bits per heavy atom. The normalized spacial score (nSPS) is 10.3. The molecule has 0 atom stereocenters. The molecule has 0 amide bonds. The lowest BCUT2D eigenvalue weighted by molar-refractivity contribution is 0.0702. The summed E-state index contributed by atoms with van der Waals surface area (Å²) in [5.74, 6) is -0.115. The lowest BCUT2D eigenvalue weighted by Gasteiger charge is -2.10. The maximum absolute atomic E-state index is 10.7. The first kappa shape index (κ1) is 12.6. The van der Waals surface area contributed by atoms with Gasteiger partial charge in [0.2, 0.25) is 0 Å². The van der Waals surface area contributed by atoms with Crippen LogP contribution in [0.4, 0.5) is 0 Å². The number of aryl methyl sites for hydroxylation is 2. The average molecular weight is 263 g/mol. The molecule has 2 rings (SSSR count). The largest absolute Gasteiger partial charge is 0.486 e. The lowest BCUT2D eigenvalue weighted by atomic mass is 10.1. The van der Waals surface area contributed by atoms with Crippen LogP contribution in [0.2, 0.25) is 0 Å². The van der Waals surface area contributed by atoms with Crippen molar-refractivity contribution in [3.8, 4) is 5.75 Å². The molecule has 5 heteroatoms. The van der Waals surface area contributed by atoms with Crippen LogP contribution in [0.1, 0.15) is 25.8 Å². The second-order valence-corrected chi connectivity index (χ2v) is 5.05. The summed E-state index contributed by atoms with van der Waals surface area (Å²) in [5.41, 5.74) is 2.12. The van der Waals surface area contributed by atoms with Gasteiger partial charge in [-0.1, -0.05) is 18.2 Å². The molecule has 94 valence electrons. The molecule has 0 spiro atoms. The van der Waals surface area contributed by atoms with Crippen molar-refractivity contribution in [1.29, 1.82) is 0 Å². The van der Waals surface area contributed by atoms with Gasteiger partial charge in [-0.05, 0) is 25.0 Å². The molecule has 18 heavy (non-hydrogen) atoms. The minimum Gasteiger partial charge on any atom is -0.486 e. The highest BCUT2D eigenvalue weighted by atomic mass is 32.1. The molecule has 4 nitrogen and oxygen atoms in total. The molecule has 0 fully saturated rings. The van der Waals surface area contributed by atoms with Gasteiger partial charge in [-0.3, -0.25) is 0 Å². The topological polar surface area (TPSA) is 59.4 Å². The van der Waals surface area contributed by atoms with E-state index in [1.54, 1.807) is 0 Å². The van der Waals surface area contributed by atoms with Crippen molar-refractivity contribution < 1.29 is 14.6 Å². The van der Waals surface area contributed by atoms with Crippen LogP contribution in [0, 0.1) is 13.8 Å². The Balaban J connectivity index is 2.09. The maximum Gasteiger partial charge on any atom is 0.347 e. The SMILES string of the molecule is Cc1cccc(C)c1OCc1ncc(C(=O)O)s1. The van der Waals surface area contributed by atoms with E-state index in [9.17, 15) is 4.79 Å². The molecule has 0 aliphatic rings. The summed E-state index contributed by atoms with van der Waals surface area (Å²) in [6.07, 6.45) is 1.36. The molecule has 2 aromatic rings. The number of thiazole rings is 1. The van der Waals surface area contributed by atoms with Gasteiger partial charge in [-0.25, -0.2) is 9.78 Å². The maximum atomic E-state index is 10.7. The van der Waals surface area contributed by atoms with Crippen molar-refractivity contribution in [3.05, 3.63) is 45.4 Å². The number of carbonyl (C=O) groups is 1. The zero-order valence-electron chi connectivity index (χ0n) is 10.1. The minimum atomic E-state index is -0.953. The van der Waals surface area contributed by atoms with Crippen LogP contribution in [0.25, 0.3) is 0 Å². The van der Waals surface area contributed by atoms with E-state index in [-0.39, 0.29) is 4.88 Å². The Morgan fingerprint density at radius 3 is 2.61 bits per heavy atom. The quantitative estimate of drug-likeness (QED) is 0.921. The number of carboxylic acids is 1. The highest BCUT2D eigenvalue weighted by molar-refractivity contribution is 7.13. The predicted octanol–water partition coefficient (Wildman–Crippen LogP) is 3.04. The van der Waals surface area contributed by atoms with Crippen LogP contribution in [0.5, 0.6) is 5.75 Å². The summed E-state index contributed by atoms with van der Waals surface area (Å²) in [6.45, 7) is 4.25. The van der Waals surface area contributed by atoms with E-state index >= 15 is 0 Å². The smallest absolute Gasteiger partial charge is 0.347 e. The third kappa shape index (κ3) is 2.68. The number of ether oxygens (including phenoxy) is 1. The predicted molar refractivity (Wildman–Crippen MR) is 69.3 cm³/mol. The average Bonchev–Trinajstić information content (AvgIpc) is 2.77. The third-order valence-corrected chi connectivity index (χ3v) is 3.47. The Morgan fingerprint density at radius 1 is 1.39 bits per heavy atom. The van der Waals surface area contributed by atoms with Gasteiger partial charge in [-0.15, -0.1) is 11.3 Å². The minimum absolute atomic E-state index is 0.232. The number of para-hydroxylation sites is 1. The summed E-state index contributed by atoms with van der Waals surface area (Å²) in [4.78, 5) is 15.0. The van der Waals surface area contributed by atoms with E-state index in [1.165, 1.54) is 6.20 Å². The zero-order valence-corrected chi connectivity index (χ0v) is 11.0. The first-order valence-electron chi connectivity index (χ1n) is 5.45. The number of aromatic carboxylic acids is 1. The Bertz CT molecular complexity index is 557. The molecule has 0 unspecified atom stereocenters. The van der Waals surface area contributed by atoms with E-state index in [0.29, 0.717) is 11.6 Å². The van der Waals surface area contributed by atoms with E-state index in [4.69, 9.17) is 9.84 Å². The lowest BCUT2D eigenvalue weighted by Crippen LogP contribution is -1.98. The number of rotatable bonds is 4. The summed E-state index contributed by atoms with van der Waals surface area (Å²) >= 11 is 1.14. The van der Waals surface area contributed by atoms with Crippen molar-refractivity contribution in [2.45, 2.75) is 20.5 Å². The molecule has 1 aromatic carbocycles. The number of aromatic nitrogens is 1. The molecule has 0 bridgehead atoms. The second kappa shape index (κ2) is 5.18. The fourth-order valence-electron chi connectivity index (χ4n) is 1.64. The fraction of sp³-hybridized carbons (Fsp3) is 0.231. The van der Waals surface area contributed by atoms with E-state index in [0.717, 1.165) is 28.2 Å². The molecule has 0 aliphatic carbocycles. The van der Waals surface area contributed by atoms with Crippen LogP contribution in [-0.2, 0) is 6.61 Å². The van der Waals surface area contributed by atoms with Crippen molar-refractivity contribution in [3.63, 3.8) is 0 Å². The first-order chi connectivity index (χ1) is 8.58. The Hall–Kier alpha value is -1.88. The van der Waals surface area contributed by atoms with Crippen LogP contribution in [0.3, 0.4) is 0 Å². The Labute approximate surface area is 109 Å². The van der Waals surface area contributed by atoms with Crippen molar-refractivity contribution in [2.24, 2.45) is 0 Å². The summed E-state index contributed by atoms with van der Waals surface area (Å²) < 4.78 is 5.70. The van der Waals surface area contributed by atoms with Crippen LogP contribution >= 0.6 is 11.3 Å². The molecule has 1 heterocycles. The molecule has 0 radical (unpaired) electrons. The van der Waals surface area contributed by atoms with Gasteiger partial charge in [0.25, 0.3) is 0 Å². The van der Waals surface area contributed by atoms with Crippen LogP contribution < -0.4 is 4.74 Å². The van der Waals surface area contributed by atoms with Crippen molar-refractivity contribution in [1.82, 2.24) is 4.98 Å². The van der Waals surface area contributed by atoms with Gasteiger partial charge in [0.1, 0.15) is 22.2 Å². The molecular weight excluding hydrogens is 250 g/mol. The van der Waals surface area contributed by atoms with Gasteiger partial charge < -0.3 is 9.84 Å². The zero-order chi connectivity index (χ0) is 13.1. The Kier molecular flexibility index (Phi) is 3.62. The van der Waals surface area contributed by atoms with E-state index in [1.807, 2.05) is 32.0 Å². The molecule has 1 aromatic heterocycles. The summed E-state index contributed by atoms with van der Waals surface area (Å²) in [5, 5.41) is 9.46. The summed E-state index contributed by atoms with van der Waals surface area (Å²) in [6, 6.07) is 5.93. The number of nitrogens with zero attached hydrogens (tertiary/aromatic N) is 1.